The molecule has 3 rings (SSSR count). The molecule has 1 heterocycles. The molecule has 1 aliphatic heterocycles. The van der Waals surface area contributed by atoms with Gasteiger partial charge in [-0.1, -0.05) is 29.8 Å². The molecule has 9 heteroatoms. The molecule has 0 unspecified atom stereocenters. The van der Waals surface area contributed by atoms with Crippen molar-refractivity contribution in [1.82, 2.24) is 4.31 Å². The molecule has 1 aliphatic rings. The molecule has 1 saturated heterocycles. The highest BCUT2D eigenvalue weighted by Gasteiger charge is 2.38. The molecule has 0 spiro atoms. The fourth-order valence-electron chi connectivity index (χ4n) is 3.35. The van der Waals surface area contributed by atoms with Gasteiger partial charge in [-0.25, -0.2) is 8.42 Å². The molecule has 0 saturated carbocycles. The second kappa shape index (κ2) is 7.93. The van der Waals surface area contributed by atoms with Crippen LogP contribution in [0.4, 0.5) is 18.9 Å². The van der Waals surface area contributed by atoms with E-state index in [1.54, 1.807) is 12.1 Å². The van der Waals surface area contributed by atoms with Crippen LogP contribution in [0, 0.1) is 0 Å². The largest absolute Gasteiger partial charge is 0.417 e. The van der Waals surface area contributed by atoms with Crippen molar-refractivity contribution in [2.45, 2.75) is 30.5 Å². The zero-order valence-corrected chi connectivity index (χ0v) is 16.8. The Bertz CT molecular complexity index is 958. The van der Waals surface area contributed by atoms with Crippen molar-refractivity contribution in [3.8, 4) is 0 Å². The maximum atomic E-state index is 13.4. The van der Waals surface area contributed by atoms with Crippen molar-refractivity contribution in [2.24, 2.45) is 0 Å². The molecule has 0 bridgehead atoms. The van der Waals surface area contributed by atoms with Gasteiger partial charge in [0.1, 0.15) is 0 Å². The second-order valence-corrected chi connectivity index (χ2v) is 9.17. The highest BCUT2D eigenvalue weighted by atomic mass is 35.5. The van der Waals surface area contributed by atoms with Gasteiger partial charge in [0, 0.05) is 37.4 Å². The van der Waals surface area contributed by atoms with E-state index in [9.17, 15) is 21.6 Å². The zero-order chi connectivity index (χ0) is 20.5. The van der Waals surface area contributed by atoms with Crippen LogP contribution in [0.25, 0.3) is 0 Å². The van der Waals surface area contributed by atoms with Crippen molar-refractivity contribution in [2.75, 3.05) is 25.0 Å². The standard InChI is InChI=1S/C19H20ClF3N2O2S/c1-24(13-14-6-2-3-7-17(14)25-10-4-5-11-25)28(26,27)18-9-8-15(20)12-16(18)19(21,22)23/h2-3,6-9,12H,4-5,10-11,13H2,1H3. The molecule has 0 amide bonds. The second-order valence-electron chi connectivity index (χ2n) is 6.72. The lowest BCUT2D eigenvalue weighted by Gasteiger charge is -2.25. The minimum atomic E-state index is -4.83. The Labute approximate surface area is 167 Å². The summed E-state index contributed by atoms with van der Waals surface area (Å²) in [6.07, 6.45) is -2.72. The van der Waals surface area contributed by atoms with E-state index < -0.39 is 26.7 Å². The number of alkyl halides is 3. The van der Waals surface area contributed by atoms with E-state index in [-0.39, 0.29) is 11.6 Å². The summed E-state index contributed by atoms with van der Waals surface area (Å²) < 4.78 is 66.9. The van der Waals surface area contributed by atoms with Crippen molar-refractivity contribution in [3.05, 3.63) is 58.6 Å². The molecule has 2 aromatic rings. The number of hydrogen-bond acceptors (Lipinski definition) is 3. The lowest BCUT2D eigenvalue weighted by atomic mass is 10.1. The maximum absolute atomic E-state index is 13.4. The van der Waals surface area contributed by atoms with E-state index >= 15 is 0 Å². The number of halogens is 4. The molecule has 28 heavy (non-hydrogen) atoms. The Morgan fingerprint density at radius 1 is 1.11 bits per heavy atom. The Hall–Kier alpha value is -1.77. The van der Waals surface area contributed by atoms with Gasteiger partial charge >= 0.3 is 6.18 Å². The Morgan fingerprint density at radius 2 is 1.75 bits per heavy atom. The SMILES string of the molecule is CN(Cc1ccccc1N1CCCC1)S(=O)(=O)c1ccc(Cl)cc1C(F)(F)F. The molecule has 0 radical (unpaired) electrons. The third kappa shape index (κ3) is 4.29. The average molecular weight is 433 g/mol. The predicted molar refractivity (Wildman–Crippen MR) is 103 cm³/mol. The van der Waals surface area contributed by atoms with E-state index in [0.29, 0.717) is 6.07 Å². The zero-order valence-electron chi connectivity index (χ0n) is 15.2. The molecule has 4 nitrogen and oxygen atoms in total. The van der Waals surface area contributed by atoms with Crippen LogP contribution in [0.2, 0.25) is 5.02 Å². The number of benzene rings is 2. The van der Waals surface area contributed by atoms with Crippen LogP contribution in [-0.4, -0.2) is 32.9 Å². The predicted octanol–water partition coefficient (Wildman–Crippen LogP) is 4.78. The number of nitrogens with zero attached hydrogens (tertiary/aromatic N) is 2. The lowest BCUT2D eigenvalue weighted by molar-refractivity contribution is -0.139. The molecular weight excluding hydrogens is 413 g/mol. The topological polar surface area (TPSA) is 40.6 Å². The molecule has 1 fully saturated rings. The number of anilines is 1. The summed E-state index contributed by atoms with van der Waals surface area (Å²) in [5.74, 6) is 0. The van der Waals surface area contributed by atoms with Gasteiger partial charge < -0.3 is 4.90 Å². The lowest BCUT2D eigenvalue weighted by Crippen LogP contribution is -2.29. The summed E-state index contributed by atoms with van der Waals surface area (Å²) in [7, 11) is -3.09. The van der Waals surface area contributed by atoms with E-state index in [4.69, 9.17) is 11.6 Å². The molecule has 2 aromatic carbocycles. The monoisotopic (exact) mass is 432 g/mol. The normalized spacial score (nSPS) is 15.4. The average Bonchev–Trinajstić information content (AvgIpc) is 3.15. The van der Waals surface area contributed by atoms with Gasteiger partial charge in [-0.3, -0.25) is 0 Å². The van der Waals surface area contributed by atoms with Crippen molar-refractivity contribution in [3.63, 3.8) is 0 Å². The molecule has 152 valence electrons. The summed E-state index contributed by atoms with van der Waals surface area (Å²) in [5, 5.41) is -0.173. The van der Waals surface area contributed by atoms with Gasteiger partial charge in [0.05, 0.1) is 10.5 Å². The van der Waals surface area contributed by atoms with Crippen LogP contribution in [0.3, 0.4) is 0 Å². The number of para-hydroxylation sites is 1. The molecule has 0 atom stereocenters. The van der Waals surface area contributed by atoms with Crippen LogP contribution in [0.5, 0.6) is 0 Å². The molecular formula is C19H20ClF3N2O2S. The van der Waals surface area contributed by atoms with Crippen molar-refractivity contribution < 1.29 is 21.6 Å². The maximum Gasteiger partial charge on any atom is 0.417 e. The first-order valence-corrected chi connectivity index (χ1v) is 10.6. The van der Waals surface area contributed by atoms with Crippen LogP contribution in [0.1, 0.15) is 24.0 Å². The first-order valence-electron chi connectivity index (χ1n) is 8.76. The number of sulfonamides is 1. The first-order chi connectivity index (χ1) is 13.1. The Kier molecular flexibility index (Phi) is 5.93. The quantitative estimate of drug-likeness (QED) is 0.682. The Morgan fingerprint density at radius 3 is 2.39 bits per heavy atom. The third-order valence-corrected chi connectivity index (χ3v) is 6.86. The summed E-state index contributed by atoms with van der Waals surface area (Å²) >= 11 is 5.66. The number of hydrogen-bond donors (Lipinski definition) is 0. The van der Waals surface area contributed by atoms with Gasteiger partial charge in [-0.2, -0.15) is 17.5 Å². The Balaban J connectivity index is 1.95. The summed E-state index contributed by atoms with van der Waals surface area (Å²) in [6.45, 7) is 1.72. The fourth-order valence-corrected chi connectivity index (χ4v) is 4.86. The first kappa shape index (κ1) is 21.0. The van der Waals surface area contributed by atoms with E-state index in [0.717, 1.165) is 53.6 Å². The van der Waals surface area contributed by atoms with Crippen LogP contribution >= 0.6 is 11.6 Å². The smallest absolute Gasteiger partial charge is 0.371 e. The van der Waals surface area contributed by atoms with E-state index in [1.165, 1.54) is 7.05 Å². The van der Waals surface area contributed by atoms with Gasteiger partial charge in [0.2, 0.25) is 10.0 Å². The third-order valence-electron chi connectivity index (χ3n) is 4.77. The minimum Gasteiger partial charge on any atom is -0.371 e. The highest BCUT2D eigenvalue weighted by Crippen LogP contribution is 2.37. The summed E-state index contributed by atoms with van der Waals surface area (Å²) in [5.41, 5.74) is 0.395. The highest BCUT2D eigenvalue weighted by molar-refractivity contribution is 7.89. The van der Waals surface area contributed by atoms with Gasteiger partial charge in [0.25, 0.3) is 0 Å². The minimum absolute atomic E-state index is 0.0328. The van der Waals surface area contributed by atoms with E-state index in [1.807, 2.05) is 12.1 Å². The van der Waals surface area contributed by atoms with Crippen LogP contribution in [0.15, 0.2) is 47.4 Å². The van der Waals surface area contributed by atoms with Gasteiger partial charge in [-0.05, 0) is 42.7 Å². The van der Waals surface area contributed by atoms with Crippen LogP contribution in [-0.2, 0) is 22.7 Å². The summed E-state index contributed by atoms with van der Waals surface area (Å²) in [4.78, 5) is 1.37. The van der Waals surface area contributed by atoms with E-state index in [2.05, 4.69) is 4.90 Å². The number of rotatable bonds is 5. The summed E-state index contributed by atoms with van der Waals surface area (Å²) in [6, 6.07) is 10.1. The van der Waals surface area contributed by atoms with Gasteiger partial charge in [-0.15, -0.1) is 0 Å². The fraction of sp³-hybridized carbons (Fsp3) is 0.368. The van der Waals surface area contributed by atoms with Crippen LogP contribution < -0.4 is 4.90 Å². The van der Waals surface area contributed by atoms with Crippen molar-refractivity contribution in [1.29, 1.82) is 0 Å². The molecule has 0 N–H and O–H groups in total. The van der Waals surface area contributed by atoms with Gasteiger partial charge in [0.15, 0.2) is 0 Å². The molecule has 0 aromatic heterocycles. The molecule has 0 aliphatic carbocycles. The van der Waals surface area contributed by atoms with Crippen molar-refractivity contribution >= 4 is 27.3 Å².